The monoisotopic (exact) mass is 212 g/mol. The normalized spacial score (nSPS) is 8.85. The molecule has 0 aromatic heterocycles. The van der Waals surface area contributed by atoms with Crippen molar-refractivity contribution in [3.05, 3.63) is 33.8 Å². The van der Waals surface area contributed by atoms with Crippen LogP contribution in [-0.2, 0) is 0 Å². The predicted molar refractivity (Wildman–Crippen MR) is 54.2 cm³/mol. The molecule has 0 aliphatic rings. The highest BCUT2D eigenvalue weighted by Crippen LogP contribution is 2.19. The molecule has 0 radical (unpaired) electrons. The van der Waals surface area contributed by atoms with Crippen LogP contribution >= 0.6 is 23.2 Å². The van der Waals surface area contributed by atoms with Crippen molar-refractivity contribution in [1.82, 2.24) is 0 Å². The number of ketones is 1. The maximum absolute atomic E-state index is 11.3. The van der Waals surface area contributed by atoms with Gasteiger partial charge in [0.2, 0.25) is 5.78 Å². The maximum atomic E-state index is 11.3. The molecule has 3 heteroatoms. The molecular formula is C10H6Cl2O. The first-order valence-corrected chi connectivity index (χ1v) is 4.32. The molecule has 0 N–H and O–H groups in total. The minimum Gasteiger partial charge on any atom is -0.279 e. The second-order valence-electron chi connectivity index (χ2n) is 2.36. The molecule has 0 heterocycles. The molecule has 0 atom stereocenters. The number of benzene rings is 1. The van der Waals surface area contributed by atoms with Crippen molar-refractivity contribution in [2.24, 2.45) is 0 Å². The van der Waals surface area contributed by atoms with Crippen LogP contribution in [0.4, 0.5) is 0 Å². The van der Waals surface area contributed by atoms with Crippen LogP contribution in [0.25, 0.3) is 0 Å². The predicted octanol–water partition coefficient (Wildman–Crippen LogP) is 3.20. The van der Waals surface area contributed by atoms with E-state index in [1.165, 1.54) is 0 Å². The molecule has 0 bridgehead atoms. The topological polar surface area (TPSA) is 17.1 Å². The lowest BCUT2D eigenvalue weighted by Gasteiger charge is -1.96. The van der Waals surface area contributed by atoms with Crippen LogP contribution in [0.1, 0.15) is 17.3 Å². The van der Waals surface area contributed by atoms with Gasteiger partial charge in [0.05, 0.1) is 0 Å². The Kier molecular flexibility index (Phi) is 3.36. The molecule has 0 amide bonds. The molecule has 1 aromatic rings. The van der Waals surface area contributed by atoms with Crippen molar-refractivity contribution < 1.29 is 4.79 Å². The summed E-state index contributed by atoms with van der Waals surface area (Å²) in [6.07, 6.45) is 0. The lowest BCUT2D eigenvalue weighted by molar-refractivity contribution is 0.105. The van der Waals surface area contributed by atoms with Crippen LogP contribution in [-0.4, -0.2) is 5.78 Å². The highest BCUT2D eigenvalue weighted by atomic mass is 35.5. The van der Waals surface area contributed by atoms with Crippen LogP contribution in [0, 0.1) is 11.8 Å². The highest BCUT2D eigenvalue weighted by molar-refractivity contribution is 6.35. The number of carbonyl (C=O) groups is 1. The van der Waals surface area contributed by atoms with Gasteiger partial charge in [-0.1, -0.05) is 29.1 Å². The molecule has 0 saturated heterocycles. The Balaban J connectivity index is 3.13. The number of halogens is 2. The average molecular weight is 213 g/mol. The van der Waals surface area contributed by atoms with E-state index in [0.717, 1.165) is 0 Å². The van der Waals surface area contributed by atoms with E-state index >= 15 is 0 Å². The lowest BCUT2D eigenvalue weighted by atomic mass is 10.1. The van der Waals surface area contributed by atoms with E-state index in [-0.39, 0.29) is 5.78 Å². The average Bonchev–Trinajstić information content (AvgIpc) is 2.03. The van der Waals surface area contributed by atoms with Gasteiger partial charge in [0.1, 0.15) is 0 Å². The lowest BCUT2D eigenvalue weighted by Crippen LogP contribution is -1.94. The van der Waals surface area contributed by atoms with E-state index in [0.29, 0.717) is 15.6 Å². The smallest absolute Gasteiger partial charge is 0.235 e. The molecule has 1 aromatic carbocycles. The van der Waals surface area contributed by atoms with Crippen molar-refractivity contribution in [2.75, 3.05) is 0 Å². The number of carbonyl (C=O) groups excluding carboxylic acids is 1. The van der Waals surface area contributed by atoms with E-state index in [4.69, 9.17) is 23.2 Å². The van der Waals surface area contributed by atoms with Crippen molar-refractivity contribution in [3.8, 4) is 11.8 Å². The summed E-state index contributed by atoms with van der Waals surface area (Å²) in [5.41, 5.74) is 0.423. The van der Waals surface area contributed by atoms with Crippen molar-refractivity contribution in [3.63, 3.8) is 0 Å². The van der Waals surface area contributed by atoms with E-state index in [1.807, 2.05) is 0 Å². The molecule has 66 valence electrons. The van der Waals surface area contributed by atoms with Gasteiger partial charge in [-0.25, -0.2) is 0 Å². The third-order valence-corrected chi connectivity index (χ3v) is 1.80. The van der Waals surface area contributed by atoms with E-state index in [9.17, 15) is 4.79 Å². The standard InChI is InChI=1S/C10H6Cl2O/c1-2-3-10(13)7-4-8(11)6-9(12)5-7/h4-6H,1H3. The van der Waals surface area contributed by atoms with Gasteiger partial charge in [-0.3, -0.25) is 4.79 Å². The molecule has 0 unspecified atom stereocenters. The van der Waals surface area contributed by atoms with Gasteiger partial charge < -0.3 is 0 Å². The summed E-state index contributed by atoms with van der Waals surface area (Å²) in [5.74, 6) is 4.66. The summed E-state index contributed by atoms with van der Waals surface area (Å²) >= 11 is 11.4. The summed E-state index contributed by atoms with van der Waals surface area (Å²) < 4.78 is 0. The molecule has 0 spiro atoms. The van der Waals surface area contributed by atoms with Gasteiger partial charge in [-0.2, -0.15) is 0 Å². The largest absolute Gasteiger partial charge is 0.279 e. The summed E-state index contributed by atoms with van der Waals surface area (Å²) in [4.78, 5) is 11.3. The van der Waals surface area contributed by atoms with E-state index in [1.54, 1.807) is 25.1 Å². The molecule has 0 saturated carbocycles. The van der Waals surface area contributed by atoms with Crippen molar-refractivity contribution in [2.45, 2.75) is 6.92 Å². The fourth-order valence-corrected chi connectivity index (χ4v) is 1.40. The third kappa shape index (κ3) is 2.77. The summed E-state index contributed by atoms with van der Waals surface area (Å²) in [5, 5.41) is 0.877. The fraction of sp³-hybridized carbons (Fsp3) is 0.100. The molecule has 0 fully saturated rings. The molecule has 0 aliphatic carbocycles. The van der Waals surface area contributed by atoms with Crippen molar-refractivity contribution in [1.29, 1.82) is 0 Å². The Labute approximate surface area is 86.7 Å². The molecule has 0 aliphatic heterocycles. The number of hydrogen-bond donors (Lipinski definition) is 0. The number of Topliss-reactive ketones (excluding diaryl/α,β-unsaturated/α-hetero) is 1. The Morgan fingerprint density at radius 2 is 1.77 bits per heavy atom. The Hall–Kier alpha value is -0.970. The van der Waals surface area contributed by atoms with Crippen LogP contribution in [0.5, 0.6) is 0 Å². The van der Waals surface area contributed by atoms with Crippen LogP contribution in [0.2, 0.25) is 10.0 Å². The zero-order chi connectivity index (χ0) is 9.84. The second kappa shape index (κ2) is 4.32. The van der Waals surface area contributed by atoms with E-state index in [2.05, 4.69) is 11.8 Å². The van der Waals surface area contributed by atoms with Crippen LogP contribution in [0.15, 0.2) is 18.2 Å². The first kappa shape index (κ1) is 10.1. The number of hydrogen-bond acceptors (Lipinski definition) is 1. The zero-order valence-electron chi connectivity index (χ0n) is 6.90. The minimum absolute atomic E-state index is 0.271. The quantitative estimate of drug-likeness (QED) is 0.397. The summed E-state index contributed by atoms with van der Waals surface area (Å²) in [7, 11) is 0. The Bertz CT molecular complexity index is 379. The minimum atomic E-state index is -0.271. The van der Waals surface area contributed by atoms with Gasteiger partial charge >= 0.3 is 0 Å². The third-order valence-electron chi connectivity index (χ3n) is 1.36. The van der Waals surface area contributed by atoms with Gasteiger partial charge in [-0.05, 0) is 31.0 Å². The zero-order valence-corrected chi connectivity index (χ0v) is 8.41. The second-order valence-corrected chi connectivity index (χ2v) is 3.24. The summed E-state index contributed by atoms with van der Waals surface area (Å²) in [6, 6.07) is 4.65. The van der Waals surface area contributed by atoms with Crippen LogP contribution in [0.3, 0.4) is 0 Å². The fourth-order valence-electron chi connectivity index (χ4n) is 0.871. The highest BCUT2D eigenvalue weighted by Gasteiger charge is 2.04. The van der Waals surface area contributed by atoms with Crippen LogP contribution < -0.4 is 0 Å². The first-order valence-electron chi connectivity index (χ1n) is 3.56. The Morgan fingerprint density at radius 1 is 1.23 bits per heavy atom. The van der Waals surface area contributed by atoms with Gasteiger partial charge in [0.15, 0.2) is 0 Å². The molecule has 1 rings (SSSR count). The molecular weight excluding hydrogens is 207 g/mol. The molecule has 13 heavy (non-hydrogen) atoms. The SMILES string of the molecule is CC#CC(=O)c1cc(Cl)cc(Cl)c1. The van der Waals surface area contributed by atoms with Crippen molar-refractivity contribution >= 4 is 29.0 Å². The molecule has 1 nitrogen and oxygen atoms in total. The summed E-state index contributed by atoms with van der Waals surface area (Å²) in [6.45, 7) is 1.60. The van der Waals surface area contributed by atoms with E-state index < -0.39 is 0 Å². The maximum Gasteiger partial charge on any atom is 0.235 e. The van der Waals surface area contributed by atoms with Gasteiger partial charge in [0, 0.05) is 15.6 Å². The Morgan fingerprint density at radius 3 is 2.23 bits per heavy atom. The number of rotatable bonds is 1. The first-order chi connectivity index (χ1) is 6.13. The van der Waals surface area contributed by atoms with Gasteiger partial charge in [-0.15, -0.1) is 0 Å². The van der Waals surface area contributed by atoms with Gasteiger partial charge in [0.25, 0.3) is 0 Å².